The number of furan rings is 1. The van der Waals surface area contributed by atoms with E-state index in [4.69, 9.17) is 4.42 Å². The third-order valence-corrected chi connectivity index (χ3v) is 3.65. The van der Waals surface area contributed by atoms with Crippen molar-refractivity contribution in [2.24, 2.45) is 7.05 Å². The van der Waals surface area contributed by atoms with Gasteiger partial charge in [-0.1, -0.05) is 6.07 Å². The lowest BCUT2D eigenvalue weighted by atomic mass is 10.0. The number of fused-ring (bicyclic) bond motifs is 1. The number of benzene rings is 1. The average Bonchev–Trinajstić information content (AvgIpc) is 2.91. The molecule has 0 saturated heterocycles. The summed E-state index contributed by atoms with van der Waals surface area (Å²) < 4.78 is 7.55. The first-order chi connectivity index (χ1) is 9.10. The number of aldehydes is 1. The van der Waals surface area contributed by atoms with E-state index in [1.807, 2.05) is 6.92 Å². The minimum absolute atomic E-state index is 0.372. The highest BCUT2D eigenvalue weighted by Crippen LogP contribution is 2.30. The maximum atomic E-state index is 10.8. The van der Waals surface area contributed by atoms with Crippen LogP contribution in [-0.4, -0.2) is 10.9 Å². The second-order valence-corrected chi connectivity index (χ2v) is 4.85. The Morgan fingerprint density at radius 1 is 1.16 bits per heavy atom. The van der Waals surface area contributed by atoms with Gasteiger partial charge in [0, 0.05) is 29.2 Å². The summed E-state index contributed by atoms with van der Waals surface area (Å²) in [6.45, 7) is 3.97. The molecule has 0 aliphatic heterocycles. The van der Waals surface area contributed by atoms with Gasteiger partial charge in [0.1, 0.15) is 5.76 Å². The summed E-state index contributed by atoms with van der Waals surface area (Å²) in [4.78, 5) is 10.8. The highest BCUT2D eigenvalue weighted by atomic mass is 16.3. The van der Waals surface area contributed by atoms with Crippen LogP contribution in [0, 0.1) is 13.8 Å². The van der Waals surface area contributed by atoms with E-state index in [1.165, 1.54) is 16.6 Å². The van der Waals surface area contributed by atoms with Gasteiger partial charge in [-0.2, -0.15) is 0 Å². The minimum atomic E-state index is 0.372. The maximum Gasteiger partial charge on any atom is 0.185 e. The Labute approximate surface area is 111 Å². The van der Waals surface area contributed by atoms with Crippen molar-refractivity contribution in [2.75, 3.05) is 0 Å². The van der Waals surface area contributed by atoms with Crippen molar-refractivity contribution in [3.63, 3.8) is 0 Å². The van der Waals surface area contributed by atoms with Crippen molar-refractivity contribution in [1.29, 1.82) is 0 Å². The zero-order valence-electron chi connectivity index (χ0n) is 11.2. The van der Waals surface area contributed by atoms with Crippen LogP contribution >= 0.6 is 0 Å². The third kappa shape index (κ3) is 1.78. The van der Waals surface area contributed by atoms with E-state index in [0.29, 0.717) is 5.76 Å². The molecule has 0 unspecified atom stereocenters. The minimum Gasteiger partial charge on any atom is -0.458 e. The Hall–Kier alpha value is -2.29. The Kier molecular flexibility index (Phi) is 2.56. The van der Waals surface area contributed by atoms with Gasteiger partial charge in [-0.15, -0.1) is 0 Å². The van der Waals surface area contributed by atoms with Crippen LogP contribution in [-0.2, 0) is 7.05 Å². The summed E-state index contributed by atoms with van der Waals surface area (Å²) in [6, 6.07) is 10.3. The zero-order chi connectivity index (χ0) is 13.6. The predicted molar refractivity (Wildman–Crippen MR) is 75.5 cm³/mol. The normalized spacial score (nSPS) is 11.1. The highest BCUT2D eigenvalue weighted by Gasteiger charge is 2.10. The van der Waals surface area contributed by atoms with Gasteiger partial charge in [0.05, 0.1) is 0 Å². The molecule has 0 radical (unpaired) electrons. The van der Waals surface area contributed by atoms with Crippen molar-refractivity contribution < 1.29 is 9.21 Å². The lowest BCUT2D eigenvalue weighted by molar-refractivity contribution is 0.109. The first kappa shape index (κ1) is 11.8. The lowest BCUT2D eigenvalue weighted by Gasteiger charge is -2.02. The standard InChI is InChI=1S/C16H15NO2/c1-10-6-13-7-12(4-5-16(13)17(10)3)15-8-14(9-18)19-11(15)2/h4-9H,1-3H3. The van der Waals surface area contributed by atoms with Crippen molar-refractivity contribution in [3.8, 4) is 11.1 Å². The van der Waals surface area contributed by atoms with Crippen molar-refractivity contribution >= 4 is 17.2 Å². The van der Waals surface area contributed by atoms with Crippen molar-refractivity contribution in [1.82, 2.24) is 4.57 Å². The SMILES string of the molecule is Cc1oc(C=O)cc1-c1ccc2c(c1)cc(C)n2C. The second kappa shape index (κ2) is 4.12. The molecule has 0 N–H and O–H groups in total. The molecule has 3 rings (SSSR count). The quantitative estimate of drug-likeness (QED) is 0.650. The molecular formula is C16H15NO2. The van der Waals surface area contributed by atoms with E-state index < -0.39 is 0 Å². The van der Waals surface area contributed by atoms with Crippen LogP contribution in [0.25, 0.3) is 22.0 Å². The molecule has 0 aliphatic carbocycles. The Morgan fingerprint density at radius 3 is 2.63 bits per heavy atom. The van der Waals surface area contributed by atoms with Gasteiger partial charge in [0.2, 0.25) is 0 Å². The van der Waals surface area contributed by atoms with Crippen molar-refractivity contribution in [2.45, 2.75) is 13.8 Å². The number of aryl methyl sites for hydroxylation is 3. The Bertz CT molecular complexity index is 777. The highest BCUT2D eigenvalue weighted by molar-refractivity contribution is 5.87. The van der Waals surface area contributed by atoms with Gasteiger partial charge < -0.3 is 8.98 Å². The maximum absolute atomic E-state index is 10.8. The molecule has 0 amide bonds. The predicted octanol–water partition coefficient (Wildman–Crippen LogP) is 3.87. The molecule has 3 heteroatoms. The Morgan fingerprint density at radius 2 is 1.95 bits per heavy atom. The Balaban J connectivity index is 2.19. The number of hydrogen-bond donors (Lipinski definition) is 0. The molecular weight excluding hydrogens is 238 g/mol. The summed E-state index contributed by atoms with van der Waals surface area (Å²) in [5, 5.41) is 1.20. The monoisotopic (exact) mass is 253 g/mol. The van der Waals surface area contributed by atoms with E-state index in [0.717, 1.165) is 23.2 Å². The van der Waals surface area contributed by atoms with Gasteiger partial charge in [0.25, 0.3) is 0 Å². The molecule has 2 heterocycles. The molecule has 0 spiro atoms. The summed E-state index contributed by atoms with van der Waals surface area (Å²) in [7, 11) is 2.06. The van der Waals surface area contributed by atoms with E-state index in [1.54, 1.807) is 6.07 Å². The fourth-order valence-corrected chi connectivity index (χ4v) is 2.50. The summed E-state index contributed by atoms with van der Waals surface area (Å²) in [5.41, 5.74) is 4.49. The average molecular weight is 253 g/mol. The molecule has 19 heavy (non-hydrogen) atoms. The molecule has 3 nitrogen and oxygen atoms in total. The van der Waals surface area contributed by atoms with E-state index >= 15 is 0 Å². The van der Waals surface area contributed by atoms with Crippen LogP contribution in [0.15, 0.2) is 34.7 Å². The molecule has 1 aromatic carbocycles. The molecule has 0 saturated carbocycles. The molecule has 3 aromatic rings. The molecule has 0 aliphatic rings. The zero-order valence-corrected chi connectivity index (χ0v) is 11.2. The molecule has 0 fully saturated rings. The van der Waals surface area contributed by atoms with Gasteiger partial charge in [-0.25, -0.2) is 0 Å². The number of hydrogen-bond acceptors (Lipinski definition) is 2. The van der Waals surface area contributed by atoms with Crippen LogP contribution in [0.4, 0.5) is 0 Å². The van der Waals surface area contributed by atoms with Crippen LogP contribution in [0.3, 0.4) is 0 Å². The van der Waals surface area contributed by atoms with Crippen LogP contribution in [0.2, 0.25) is 0 Å². The first-order valence-corrected chi connectivity index (χ1v) is 6.22. The van der Waals surface area contributed by atoms with Gasteiger partial charge >= 0.3 is 0 Å². The van der Waals surface area contributed by atoms with E-state index in [9.17, 15) is 4.79 Å². The van der Waals surface area contributed by atoms with Gasteiger partial charge in [0.15, 0.2) is 12.0 Å². The fraction of sp³-hybridized carbons (Fsp3) is 0.188. The second-order valence-electron chi connectivity index (χ2n) is 4.85. The molecule has 96 valence electrons. The fourth-order valence-electron chi connectivity index (χ4n) is 2.50. The topological polar surface area (TPSA) is 35.1 Å². The summed E-state index contributed by atoms with van der Waals surface area (Å²) >= 11 is 0. The molecule has 0 atom stereocenters. The van der Waals surface area contributed by atoms with Gasteiger partial charge in [-0.05, 0) is 43.7 Å². The smallest absolute Gasteiger partial charge is 0.185 e. The number of carbonyl (C=O) groups excluding carboxylic acids is 1. The molecule has 0 bridgehead atoms. The van der Waals surface area contributed by atoms with Crippen LogP contribution in [0.1, 0.15) is 22.0 Å². The van der Waals surface area contributed by atoms with Crippen molar-refractivity contribution in [3.05, 3.63) is 47.5 Å². The van der Waals surface area contributed by atoms with Crippen LogP contribution in [0.5, 0.6) is 0 Å². The first-order valence-electron chi connectivity index (χ1n) is 6.22. The van der Waals surface area contributed by atoms with Gasteiger partial charge in [-0.3, -0.25) is 4.79 Å². The van der Waals surface area contributed by atoms with Crippen LogP contribution < -0.4 is 0 Å². The van der Waals surface area contributed by atoms with E-state index in [2.05, 4.69) is 42.8 Å². The summed E-state index contributed by atoms with van der Waals surface area (Å²) in [6.07, 6.45) is 0.738. The number of aromatic nitrogens is 1. The largest absolute Gasteiger partial charge is 0.458 e. The third-order valence-electron chi connectivity index (χ3n) is 3.65. The lowest BCUT2D eigenvalue weighted by Crippen LogP contribution is -1.88. The summed E-state index contributed by atoms with van der Waals surface area (Å²) in [5.74, 6) is 1.14. The number of carbonyl (C=O) groups is 1. The number of rotatable bonds is 2. The molecule has 2 aromatic heterocycles. The van der Waals surface area contributed by atoms with E-state index in [-0.39, 0.29) is 0 Å². The number of nitrogens with zero attached hydrogens (tertiary/aromatic N) is 1.